The molecule has 0 aliphatic rings. The van der Waals surface area contributed by atoms with E-state index in [4.69, 9.17) is 0 Å². The summed E-state index contributed by atoms with van der Waals surface area (Å²) >= 11 is 0. The molecule has 0 radical (unpaired) electrons. The van der Waals surface area contributed by atoms with Crippen LogP contribution in [0.2, 0.25) is 0 Å². The Labute approximate surface area is 376 Å². The van der Waals surface area contributed by atoms with E-state index >= 15 is 0 Å². The van der Waals surface area contributed by atoms with Gasteiger partial charge in [-0.25, -0.2) is 0 Å². The molecule has 0 nitrogen and oxygen atoms in total. The molecule has 0 atom stereocenters. The van der Waals surface area contributed by atoms with Crippen LogP contribution < -0.4 is 0 Å². The second-order valence-electron chi connectivity index (χ2n) is 15.8. The van der Waals surface area contributed by atoms with Crippen molar-refractivity contribution in [3.63, 3.8) is 0 Å². The summed E-state index contributed by atoms with van der Waals surface area (Å²) in [6.45, 7) is 0. The molecule has 0 aromatic heterocycles. The van der Waals surface area contributed by atoms with Gasteiger partial charge < -0.3 is 0 Å². The van der Waals surface area contributed by atoms with Crippen molar-refractivity contribution >= 4 is 43.1 Å². The minimum atomic E-state index is 1.21. The minimum Gasteiger partial charge on any atom is -0.0623 e. The Morgan fingerprint density at radius 2 is 0.359 bits per heavy atom. The maximum absolute atomic E-state index is 2.33. The van der Waals surface area contributed by atoms with Gasteiger partial charge in [-0.15, -0.1) is 0 Å². The van der Waals surface area contributed by atoms with E-state index in [1.165, 1.54) is 98.7 Å². The first kappa shape index (κ1) is 39.8. The molecule has 0 N–H and O–H groups in total. The summed E-state index contributed by atoms with van der Waals surface area (Å²) in [5.74, 6) is 0. The summed E-state index contributed by atoms with van der Waals surface area (Å²) < 4.78 is 0. The standard InChI is InChI=1S/C52H34.2C6H6/c1-3-17-35(18-4-1)36-31-33-37(34-32-36)39-21-7-8-22-40(39)50-43-25-11-15-29-47(43)52(48-30-16-12-26-44(48)50)51-45-27-13-9-23-41(45)49(38-19-5-2-6-20-38)42-24-10-14-28-46(42)51;2*1-2-4-6-5-3-1/h1-34H;2*1-6H. The number of benzene rings is 12. The predicted octanol–water partition coefficient (Wildman–Crippen LogP) is 18.0. The van der Waals surface area contributed by atoms with Crippen LogP contribution in [0.5, 0.6) is 0 Å². The fourth-order valence-electron chi connectivity index (χ4n) is 9.20. The molecule has 0 saturated carbocycles. The summed E-state index contributed by atoms with van der Waals surface area (Å²) in [6, 6.07) is 99.4. The minimum absolute atomic E-state index is 1.21. The third kappa shape index (κ3) is 7.97. The third-order valence-electron chi connectivity index (χ3n) is 12.0. The number of hydrogen-bond donors (Lipinski definition) is 0. The molecule has 0 heterocycles. The van der Waals surface area contributed by atoms with Crippen LogP contribution >= 0.6 is 0 Å². The molecular weight excluding hydrogens is 769 g/mol. The van der Waals surface area contributed by atoms with Crippen LogP contribution in [0, 0.1) is 0 Å². The van der Waals surface area contributed by atoms with Crippen molar-refractivity contribution in [2.45, 2.75) is 0 Å². The van der Waals surface area contributed by atoms with Gasteiger partial charge in [0.2, 0.25) is 0 Å². The average molecular weight is 815 g/mol. The van der Waals surface area contributed by atoms with Crippen molar-refractivity contribution in [2.75, 3.05) is 0 Å². The highest BCUT2D eigenvalue weighted by molar-refractivity contribution is 6.30. The maximum atomic E-state index is 2.33. The quantitative estimate of drug-likeness (QED) is 0.152. The summed E-state index contributed by atoms with van der Waals surface area (Å²) in [6.07, 6.45) is 0. The molecule has 302 valence electrons. The van der Waals surface area contributed by atoms with E-state index in [1.54, 1.807) is 0 Å². The van der Waals surface area contributed by atoms with Gasteiger partial charge in [0, 0.05) is 0 Å². The zero-order valence-electron chi connectivity index (χ0n) is 35.6. The van der Waals surface area contributed by atoms with Crippen molar-refractivity contribution in [3.05, 3.63) is 279 Å². The molecule has 0 amide bonds. The number of hydrogen-bond acceptors (Lipinski definition) is 0. The van der Waals surface area contributed by atoms with E-state index in [0.717, 1.165) is 0 Å². The molecule has 0 aliphatic carbocycles. The van der Waals surface area contributed by atoms with Crippen LogP contribution in [0.25, 0.3) is 98.7 Å². The van der Waals surface area contributed by atoms with E-state index in [2.05, 4.69) is 206 Å². The molecule has 12 aromatic carbocycles. The van der Waals surface area contributed by atoms with E-state index in [1.807, 2.05) is 72.8 Å². The molecular formula is C64H46. The molecule has 0 bridgehead atoms. The summed E-state index contributed by atoms with van der Waals surface area (Å²) in [7, 11) is 0. The predicted molar refractivity (Wildman–Crippen MR) is 277 cm³/mol. The molecule has 12 rings (SSSR count). The Bertz CT molecular complexity index is 3250. The van der Waals surface area contributed by atoms with Crippen LogP contribution in [-0.4, -0.2) is 0 Å². The van der Waals surface area contributed by atoms with Gasteiger partial charge in [-0.3, -0.25) is 0 Å². The smallest absolute Gasteiger partial charge is 0.00139 e. The van der Waals surface area contributed by atoms with Crippen molar-refractivity contribution in [3.8, 4) is 55.6 Å². The topological polar surface area (TPSA) is 0 Å². The average Bonchev–Trinajstić information content (AvgIpc) is 3.39. The van der Waals surface area contributed by atoms with Gasteiger partial charge in [0.1, 0.15) is 0 Å². The zero-order valence-corrected chi connectivity index (χ0v) is 35.6. The van der Waals surface area contributed by atoms with Gasteiger partial charge in [0.05, 0.1) is 0 Å². The first-order valence-corrected chi connectivity index (χ1v) is 22.0. The lowest BCUT2D eigenvalue weighted by molar-refractivity contribution is 1.58. The van der Waals surface area contributed by atoms with Gasteiger partial charge in [0.15, 0.2) is 0 Å². The van der Waals surface area contributed by atoms with Crippen LogP contribution in [0.1, 0.15) is 0 Å². The molecule has 0 unspecified atom stereocenters. The molecule has 0 spiro atoms. The van der Waals surface area contributed by atoms with Crippen molar-refractivity contribution in [1.82, 2.24) is 0 Å². The monoisotopic (exact) mass is 814 g/mol. The Kier molecular flexibility index (Phi) is 11.7. The normalized spacial score (nSPS) is 10.8. The van der Waals surface area contributed by atoms with Crippen molar-refractivity contribution in [1.29, 1.82) is 0 Å². The SMILES string of the molecule is c1ccc(-c2ccc(-c3ccccc3-c3c4ccccc4c(-c4c5ccccc5c(-c5ccccc5)c5ccccc45)c4ccccc34)cc2)cc1.c1ccccc1.c1ccccc1. The van der Waals surface area contributed by atoms with Gasteiger partial charge >= 0.3 is 0 Å². The van der Waals surface area contributed by atoms with Gasteiger partial charge in [-0.1, -0.05) is 279 Å². The van der Waals surface area contributed by atoms with E-state index in [0.29, 0.717) is 0 Å². The highest BCUT2D eigenvalue weighted by atomic mass is 14.3. The fourth-order valence-corrected chi connectivity index (χ4v) is 9.20. The summed E-state index contributed by atoms with van der Waals surface area (Å²) in [5.41, 5.74) is 12.5. The van der Waals surface area contributed by atoms with Crippen molar-refractivity contribution in [2.24, 2.45) is 0 Å². The summed E-state index contributed by atoms with van der Waals surface area (Å²) in [4.78, 5) is 0. The molecule has 0 aliphatic heterocycles. The highest BCUT2D eigenvalue weighted by Crippen LogP contribution is 2.51. The second kappa shape index (κ2) is 18.7. The fraction of sp³-hybridized carbons (Fsp3) is 0. The van der Waals surface area contributed by atoms with Gasteiger partial charge in [-0.05, 0) is 98.7 Å². The largest absolute Gasteiger partial charge is 0.0623 e. The van der Waals surface area contributed by atoms with Crippen LogP contribution in [0.15, 0.2) is 279 Å². The Balaban J connectivity index is 0.000000351. The van der Waals surface area contributed by atoms with Gasteiger partial charge in [0.25, 0.3) is 0 Å². The number of rotatable bonds is 5. The molecule has 0 fully saturated rings. The lowest BCUT2D eigenvalue weighted by Gasteiger charge is -2.23. The molecule has 0 saturated heterocycles. The van der Waals surface area contributed by atoms with E-state index < -0.39 is 0 Å². The zero-order chi connectivity index (χ0) is 42.9. The summed E-state index contributed by atoms with van der Waals surface area (Å²) in [5, 5.41) is 10.1. The Hall–Kier alpha value is -8.32. The second-order valence-corrected chi connectivity index (χ2v) is 15.8. The maximum Gasteiger partial charge on any atom is -0.00139 e. The van der Waals surface area contributed by atoms with Crippen molar-refractivity contribution < 1.29 is 0 Å². The van der Waals surface area contributed by atoms with E-state index in [9.17, 15) is 0 Å². The van der Waals surface area contributed by atoms with Gasteiger partial charge in [-0.2, -0.15) is 0 Å². The third-order valence-corrected chi connectivity index (χ3v) is 12.0. The number of fused-ring (bicyclic) bond motifs is 4. The Morgan fingerprint density at radius 3 is 0.734 bits per heavy atom. The first-order chi connectivity index (χ1) is 31.8. The lowest BCUT2D eigenvalue weighted by Crippen LogP contribution is -1.95. The molecule has 64 heavy (non-hydrogen) atoms. The Morgan fingerprint density at radius 1 is 0.125 bits per heavy atom. The van der Waals surface area contributed by atoms with E-state index in [-0.39, 0.29) is 0 Å². The molecule has 12 aromatic rings. The lowest BCUT2D eigenvalue weighted by atomic mass is 9.80. The molecule has 0 heteroatoms. The van der Waals surface area contributed by atoms with Crippen LogP contribution in [0.3, 0.4) is 0 Å². The van der Waals surface area contributed by atoms with Crippen LogP contribution in [0.4, 0.5) is 0 Å². The first-order valence-electron chi connectivity index (χ1n) is 22.0. The highest BCUT2D eigenvalue weighted by Gasteiger charge is 2.23. The van der Waals surface area contributed by atoms with Crippen LogP contribution in [-0.2, 0) is 0 Å².